The number of pyridine rings is 1. The highest BCUT2D eigenvalue weighted by Gasteiger charge is 2.25. The van der Waals surface area contributed by atoms with Crippen LogP contribution in [0.5, 0.6) is 0 Å². The van der Waals surface area contributed by atoms with Gasteiger partial charge in [0, 0.05) is 44.3 Å². The van der Waals surface area contributed by atoms with E-state index >= 15 is 0 Å². The number of nitrogens with zero attached hydrogens (tertiary/aromatic N) is 7. The van der Waals surface area contributed by atoms with Crippen LogP contribution in [0.15, 0.2) is 73.2 Å². The number of anilines is 3. The third kappa shape index (κ3) is 4.38. The van der Waals surface area contributed by atoms with Crippen molar-refractivity contribution in [1.82, 2.24) is 29.9 Å². The second-order valence-corrected chi connectivity index (χ2v) is 7.81. The van der Waals surface area contributed by atoms with Gasteiger partial charge in [-0.2, -0.15) is 5.10 Å². The molecule has 166 valence electrons. The molecule has 0 spiro atoms. The largest absolute Gasteiger partial charge is 0.352 e. The van der Waals surface area contributed by atoms with Crippen molar-refractivity contribution < 1.29 is 4.79 Å². The van der Waals surface area contributed by atoms with Gasteiger partial charge in [-0.05, 0) is 43.3 Å². The number of rotatable bonds is 5. The molecule has 1 aliphatic heterocycles. The third-order valence-corrected chi connectivity index (χ3v) is 5.74. The highest BCUT2D eigenvalue weighted by molar-refractivity contribution is 5.95. The molecule has 4 aromatic rings. The van der Waals surface area contributed by atoms with Crippen LogP contribution in [-0.2, 0) is 0 Å². The first-order chi connectivity index (χ1) is 16.2. The summed E-state index contributed by atoms with van der Waals surface area (Å²) in [5.74, 6) is 1.48. The molecule has 0 saturated carbocycles. The SMILES string of the molecule is Cc1c(C(=O)N2CCN(c3ccc(Nc4ccncc4)nn3)CC2)cnn1-c1ccccc1. The lowest BCUT2D eigenvalue weighted by molar-refractivity contribution is 0.0745. The lowest BCUT2D eigenvalue weighted by Gasteiger charge is -2.35. The van der Waals surface area contributed by atoms with Gasteiger partial charge in [0.1, 0.15) is 0 Å². The Balaban J connectivity index is 1.21. The van der Waals surface area contributed by atoms with Crippen molar-refractivity contribution in [3.05, 3.63) is 84.4 Å². The molecule has 0 atom stereocenters. The monoisotopic (exact) mass is 440 g/mol. The number of benzene rings is 1. The summed E-state index contributed by atoms with van der Waals surface area (Å²) in [6.45, 7) is 4.56. The first kappa shape index (κ1) is 20.6. The molecule has 1 fully saturated rings. The molecule has 9 nitrogen and oxygen atoms in total. The van der Waals surface area contributed by atoms with Gasteiger partial charge in [0.15, 0.2) is 11.6 Å². The zero-order valence-corrected chi connectivity index (χ0v) is 18.3. The van der Waals surface area contributed by atoms with Gasteiger partial charge in [0.2, 0.25) is 0 Å². The van der Waals surface area contributed by atoms with Gasteiger partial charge < -0.3 is 15.1 Å². The lowest BCUT2D eigenvalue weighted by atomic mass is 10.2. The van der Waals surface area contributed by atoms with Crippen LogP contribution in [0.2, 0.25) is 0 Å². The lowest BCUT2D eigenvalue weighted by Crippen LogP contribution is -2.49. The number of amides is 1. The summed E-state index contributed by atoms with van der Waals surface area (Å²) in [4.78, 5) is 21.2. The maximum absolute atomic E-state index is 13.1. The molecule has 1 saturated heterocycles. The molecule has 1 amide bonds. The average molecular weight is 441 g/mol. The smallest absolute Gasteiger partial charge is 0.257 e. The molecule has 0 aliphatic carbocycles. The minimum atomic E-state index is 0.0114. The van der Waals surface area contributed by atoms with Crippen LogP contribution >= 0.6 is 0 Å². The molecule has 0 bridgehead atoms. The molecule has 9 heteroatoms. The zero-order valence-electron chi connectivity index (χ0n) is 18.3. The average Bonchev–Trinajstić information content (AvgIpc) is 3.26. The first-order valence-electron chi connectivity index (χ1n) is 10.8. The Morgan fingerprint density at radius 2 is 1.67 bits per heavy atom. The Labute approximate surface area is 191 Å². The topological polar surface area (TPSA) is 92.1 Å². The Morgan fingerprint density at radius 3 is 2.36 bits per heavy atom. The second kappa shape index (κ2) is 9.07. The van der Waals surface area contributed by atoms with E-state index in [0.717, 1.165) is 22.9 Å². The van der Waals surface area contributed by atoms with Crippen molar-refractivity contribution in [3.8, 4) is 5.69 Å². The normalized spacial score (nSPS) is 13.7. The fourth-order valence-corrected chi connectivity index (χ4v) is 3.90. The Hall–Kier alpha value is -4.27. The fourth-order valence-electron chi connectivity index (χ4n) is 3.90. The molecule has 1 N–H and O–H groups in total. The number of para-hydroxylation sites is 1. The molecule has 4 heterocycles. The Kier molecular flexibility index (Phi) is 5.67. The molecular weight excluding hydrogens is 416 g/mol. The summed E-state index contributed by atoms with van der Waals surface area (Å²) in [5.41, 5.74) is 3.33. The highest BCUT2D eigenvalue weighted by atomic mass is 16.2. The van der Waals surface area contributed by atoms with Crippen molar-refractivity contribution in [2.75, 3.05) is 36.4 Å². The minimum absolute atomic E-state index is 0.0114. The van der Waals surface area contributed by atoms with Gasteiger partial charge >= 0.3 is 0 Å². The summed E-state index contributed by atoms with van der Waals surface area (Å²) < 4.78 is 1.81. The fraction of sp³-hybridized carbons (Fsp3) is 0.208. The van der Waals surface area contributed by atoms with Gasteiger partial charge in [-0.3, -0.25) is 9.78 Å². The summed E-state index contributed by atoms with van der Waals surface area (Å²) in [5, 5.41) is 16.3. The Morgan fingerprint density at radius 1 is 0.909 bits per heavy atom. The maximum Gasteiger partial charge on any atom is 0.257 e. The second-order valence-electron chi connectivity index (χ2n) is 7.81. The van der Waals surface area contributed by atoms with Crippen molar-refractivity contribution in [2.45, 2.75) is 6.92 Å². The van der Waals surface area contributed by atoms with E-state index in [1.54, 1.807) is 23.3 Å². The van der Waals surface area contributed by atoms with Gasteiger partial charge in [0.25, 0.3) is 5.91 Å². The highest BCUT2D eigenvalue weighted by Crippen LogP contribution is 2.20. The van der Waals surface area contributed by atoms with E-state index in [1.807, 2.05) is 66.4 Å². The molecular formula is C24H24N8O. The number of piperazine rings is 1. The van der Waals surface area contributed by atoms with Crippen LogP contribution in [0.4, 0.5) is 17.3 Å². The van der Waals surface area contributed by atoms with E-state index in [-0.39, 0.29) is 5.91 Å². The van der Waals surface area contributed by atoms with Crippen molar-refractivity contribution in [3.63, 3.8) is 0 Å². The van der Waals surface area contributed by atoms with Crippen LogP contribution in [0.1, 0.15) is 16.1 Å². The predicted molar refractivity (Wildman–Crippen MR) is 126 cm³/mol. The maximum atomic E-state index is 13.1. The predicted octanol–water partition coefficient (Wildman–Crippen LogP) is 3.07. The van der Waals surface area contributed by atoms with Crippen molar-refractivity contribution in [1.29, 1.82) is 0 Å². The van der Waals surface area contributed by atoms with E-state index in [9.17, 15) is 4.79 Å². The number of hydrogen-bond donors (Lipinski definition) is 1. The molecule has 1 aromatic carbocycles. The summed E-state index contributed by atoms with van der Waals surface area (Å²) in [6.07, 6.45) is 5.11. The summed E-state index contributed by atoms with van der Waals surface area (Å²) >= 11 is 0. The molecule has 0 unspecified atom stereocenters. The molecule has 5 rings (SSSR count). The van der Waals surface area contributed by atoms with E-state index < -0.39 is 0 Å². The van der Waals surface area contributed by atoms with Crippen LogP contribution < -0.4 is 10.2 Å². The van der Waals surface area contributed by atoms with E-state index in [2.05, 4.69) is 30.5 Å². The number of aromatic nitrogens is 5. The molecule has 3 aromatic heterocycles. The van der Waals surface area contributed by atoms with Gasteiger partial charge in [-0.15, -0.1) is 10.2 Å². The Bertz CT molecular complexity index is 1220. The van der Waals surface area contributed by atoms with Crippen LogP contribution in [0, 0.1) is 6.92 Å². The summed E-state index contributed by atoms with van der Waals surface area (Å²) in [6, 6.07) is 17.4. The van der Waals surface area contributed by atoms with Crippen molar-refractivity contribution >= 4 is 23.2 Å². The quantitative estimate of drug-likeness (QED) is 0.510. The number of nitrogens with one attached hydrogen (secondary N) is 1. The van der Waals surface area contributed by atoms with Gasteiger partial charge in [-0.1, -0.05) is 18.2 Å². The minimum Gasteiger partial charge on any atom is -0.352 e. The van der Waals surface area contributed by atoms with Crippen LogP contribution in [-0.4, -0.2) is 61.9 Å². The van der Waals surface area contributed by atoms with Gasteiger partial charge in [-0.25, -0.2) is 4.68 Å². The number of carbonyl (C=O) groups excluding carboxylic acids is 1. The number of carbonyl (C=O) groups is 1. The zero-order chi connectivity index (χ0) is 22.6. The first-order valence-corrected chi connectivity index (χ1v) is 10.8. The van der Waals surface area contributed by atoms with Crippen LogP contribution in [0.25, 0.3) is 5.69 Å². The standard InChI is InChI=1S/C24H24N8O/c1-18-21(17-26-32(18)20-5-3-2-4-6-20)24(33)31-15-13-30(14-16-31)23-8-7-22(28-29-23)27-19-9-11-25-12-10-19/h2-12,17H,13-16H2,1H3,(H,25,27,28). The van der Waals surface area contributed by atoms with E-state index in [0.29, 0.717) is 37.6 Å². The van der Waals surface area contributed by atoms with Crippen molar-refractivity contribution in [2.24, 2.45) is 0 Å². The molecule has 1 aliphatic rings. The van der Waals surface area contributed by atoms with E-state index in [4.69, 9.17) is 0 Å². The van der Waals surface area contributed by atoms with Gasteiger partial charge in [0.05, 0.1) is 23.1 Å². The third-order valence-electron chi connectivity index (χ3n) is 5.74. The number of hydrogen-bond acceptors (Lipinski definition) is 7. The molecule has 33 heavy (non-hydrogen) atoms. The van der Waals surface area contributed by atoms with E-state index in [1.165, 1.54) is 0 Å². The van der Waals surface area contributed by atoms with Crippen LogP contribution in [0.3, 0.4) is 0 Å². The molecule has 0 radical (unpaired) electrons. The summed E-state index contributed by atoms with van der Waals surface area (Å²) in [7, 11) is 0.